The van der Waals surface area contributed by atoms with Gasteiger partial charge in [-0.1, -0.05) is 29.8 Å². The minimum Gasteiger partial charge on any atom is -0.224 e. The highest BCUT2D eigenvalue weighted by Crippen LogP contribution is 2.37. The van der Waals surface area contributed by atoms with Crippen molar-refractivity contribution < 1.29 is 12.8 Å². The molecule has 0 unspecified atom stereocenters. The van der Waals surface area contributed by atoms with Gasteiger partial charge in [0, 0.05) is 22.4 Å². The zero-order valence-corrected chi connectivity index (χ0v) is 15.4. The predicted octanol–water partition coefficient (Wildman–Crippen LogP) is 5.59. The first-order chi connectivity index (χ1) is 11.3. The number of halogens is 2. The van der Waals surface area contributed by atoms with E-state index >= 15 is 0 Å². The van der Waals surface area contributed by atoms with Crippen LogP contribution in [0.4, 0.5) is 4.39 Å². The molecule has 0 N–H and O–H groups in total. The van der Waals surface area contributed by atoms with Gasteiger partial charge in [0.05, 0.1) is 0 Å². The molecule has 3 aromatic rings. The van der Waals surface area contributed by atoms with Crippen molar-refractivity contribution in [3.8, 4) is 22.3 Å². The fourth-order valence-electron chi connectivity index (χ4n) is 2.47. The topological polar surface area (TPSA) is 34.1 Å². The maximum Gasteiger partial charge on any atom is 0.178 e. The Bertz CT molecular complexity index is 1020. The summed E-state index contributed by atoms with van der Waals surface area (Å²) in [4.78, 5) is -0.290. The van der Waals surface area contributed by atoms with Crippen molar-refractivity contribution in [3.05, 3.63) is 63.6 Å². The Balaban J connectivity index is 2.11. The molecule has 0 radical (unpaired) electrons. The molecule has 0 aliphatic carbocycles. The van der Waals surface area contributed by atoms with Gasteiger partial charge in [-0.3, -0.25) is 0 Å². The Kier molecular flexibility index (Phi) is 4.51. The fraction of sp³-hybridized carbons (Fsp3) is 0.111. The first kappa shape index (κ1) is 17.1. The summed E-state index contributed by atoms with van der Waals surface area (Å²) < 4.78 is 37.3. The normalized spacial score (nSPS) is 11.7. The molecule has 0 atom stereocenters. The van der Waals surface area contributed by atoms with Crippen molar-refractivity contribution in [2.75, 3.05) is 6.26 Å². The van der Waals surface area contributed by atoms with Crippen LogP contribution in [0, 0.1) is 12.7 Å². The largest absolute Gasteiger partial charge is 0.224 e. The van der Waals surface area contributed by atoms with Gasteiger partial charge in [0.15, 0.2) is 9.84 Å². The summed E-state index contributed by atoms with van der Waals surface area (Å²) in [6, 6.07) is 9.98. The van der Waals surface area contributed by atoms with Gasteiger partial charge in [0.25, 0.3) is 0 Å². The zero-order valence-electron chi connectivity index (χ0n) is 13.0. The lowest BCUT2D eigenvalue weighted by Crippen LogP contribution is -2.00. The molecule has 3 rings (SSSR count). The summed E-state index contributed by atoms with van der Waals surface area (Å²) in [5, 5.41) is 4.56. The van der Waals surface area contributed by atoms with E-state index in [1.807, 2.05) is 35.9 Å². The average Bonchev–Trinajstić information content (AvgIpc) is 2.98. The van der Waals surface area contributed by atoms with Gasteiger partial charge >= 0.3 is 0 Å². The minimum atomic E-state index is -3.58. The molecule has 0 aliphatic heterocycles. The van der Waals surface area contributed by atoms with Crippen molar-refractivity contribution in [1.82, 2.24) is 0 Å². The third kappa shape index (κ3) is 3.24. The molecule has 2 aromatic carbocycles. The number of aryl methyl sites for hydroxylation is 1. The Morgan fingerprint density at radius 2 is 1.58 bits per heavy atom. The Morgan fingerprint density at radius 1 is 1.00 bits per heavy atom. The molecule has 0 aliphatic rings. The highest BCUT2D eigenvalue weighted by atomic mass is 35.5. The van der Waals surface area contributed by atoms with Gasteiger partial charge in [0.2, 0.25) is 0 Å². The lowest BCUT2D eigenvalue weighted by atomic mass is 9.98. The van der Waals surface area contributed by atoms with Crippen LogP contribution in [0.25, 0.3) is 22.3 Å². The Morgan fingerprint density at radius 3 is 2.12 bits per heavy atom. The molecule has 0 saturated carbocycles. The average molecular weight is 381 g/mol. The lowest BCUT2D eigenvalue weighted by molar-refractivity contribution is 0.571. The quantitative estimate of drug-likeness (QED) is 0.593. The van der Waals surface area contributed by atoms with Crippen LogP contribution in [-0.2, 0) is 9.84 Å². The van der Waals surface area contributed by atoms with Crippen LogP contribution in [-0.4, -0.2) is 14.7 Å². The molecular formula is C18H14ClFO2S2. The van der Waals surface area contributed by atoms with Gasteiger partial charge in [-0.15, -0.1) is 0 Å². The van der Waals surface area contributed by atoms with Crippen LogP contribution in [0.2, 0.25) is 5.02 Å². The molecule has 24 heavy (non-hydrogen) atoms. The Labute approximate surface area is 149 Å². The van der Waals surface area contributed by atoms with Gasteiger partial charge in [-0.05, 0) is 52.6 Å². The van der Waals surface area contributed by atoms with Crippen molar-refractivity contribution in [1.29, 1.82) is 0 Å². The standard InChI is InChI=1S/C18H14ClFO2S2/c1-11-3-4-12(7-16(11)19)14-9-23-10-15(14)13-5-6-18(17(20)8-13)24(2,21)22/h3-10H,1-2H3. The van der Waals surface area contributed by atoms with Crippen molar-refractivity contribution in [2.24, 2.45) is 0 Å². The number of benzene rings is 2. The van der Waals surface area contributed by atoms with E-state index in [0.717, 1.165) is 28.5 Å². The highest BCUT2D eigenvalue weighted by Gasteiger charge is 2.16. The monoisotopic (exact) mass is 380 g/mol. The number of hydrogen-bond donors (Lipinski definition) is 0. The maximum atomic E-state index is 14.2. The first-order valence-electron chi connectivity index (χ1n) is 7.10. The highest BCUT2D eigenvalue weighted by molar-refractivity contribution is 7.90. The summed E-state index contributed by atoms with van der Waals surface area (Å²) in [6.07, 6.45) is 0.995. The van der Waals surface area contributed by atoms with E-state index in [1.54, 1.807) is 6.07 Å². The second kappa shape index (κ2) is 6.31. The van der Waals surface area contributed by atoms with Gasteiger partial charge in [-0.2, -0.15) is 11.3 Å². The summed E-state index contributed by atoms with van der Waals surface area (Å²) in [5.74, 6) is -0.742. The summed E-state index contributed by atoms with van der Waals surface area (Å²) in [7, 11) is -3.58. The number of rotatable bonds is 3. The molecule has 0 bridgehead atoms. The lowest BCUT2D eigenvalue weighted by Gasteiger charge is -2.08. The van der Waals surface area contributed by atoms with E-state index in [-0.39, 0.29) is 4.90 Å². The molecular weight excluding hydrogens is 367 g/mol. The van der Waals surface area contributed by atoms with E-state index in [2.05, 4.69) is 0 Å². The number of sulfone groups is 1. The van der Waals surface area contributed by atoms with E-state index in [4.69, 9.17) is 11.6 Å². The second-order valence-corrected chi connectivity index (χ2v) is 8.72. The van der Waals surface area contributed by atoms with Crippen LogP contribution in [0.1, 0.15) is 5.56 Å². The van der Waals surface area contributed by atoms with Crippen molar-refractivity contribution in [3.63, 3.8) is 0 Å². The number of thiophene rings is 1. The van der Waals surface area contributed by atoms with E-state index in [0.29, 0.717) is 10.6 Å². The van der Waals surface area contributed by atoms with Crippen LogP contribution in [0.3, 0.4) is 0 Å². The van der Waals surface area contributed by atoms with Gasteiger partial charge in [0.1, 0.15) is 10.7 Å². The SMILES string of the molecule is Cc1ccc(-c2cscc2-c2ccc(S(C)(=O)=O)c(F)c2)cc1Cl. The van der Waals surface area contributed by atoms with E-state index in [9.17, 15) is 12.8 Å². The summed E-state index contributed by atoms with van der Waals surface area (Å²) in [5.41, 5.74) is 4.34. The third-order valence-corrected chi connectivity index (χ3v) is 6.07. The van der Waals surface area contributed by atoms with E-state index < -0.39 is 15.7 Å². The smallest absolute Gasteiger partial charge is 0.178 e. The molecule has 1 aromatic heterocycles. The molecule has 6 heteroatoms. The summed E-state index contributed by atoms with van der Waals surface area (Å²) in [6.45, 7) is 1.93. The molecule has 0 fully saturated rings. The molecule has 124 valence electrons. The molecule has 0 spiro atoms. The first-order valence-corrected chi connectivity index (χ1v) is 10.3. The molecule has 2 nitrogen and oxygen atoms in total. The minimum absolute atomic E-state index is 0.290. The van der Waals surface area contributed by atoms with Crippen LogP contribution >= 0.6 is 22.9 Å². The summed E-state index contributed by atoms with van der Waals surface area (Å²) >= 11 is 7.70. The van der Waals surface area contributed by atoms with Crippen LogP contribution in [0.5, 0.6) is 0 Å². The Hall–Kier alpha value is -1.69. The molecule has 0 amide bonds. The van der Waals surface area contributed by atoms with Gasteiger partial charge < -0.3 is 0 Å². The van der Waals surface area contributed by atoms with Crippen LogP contribution < -0.4 is 0 Å². The van der Waals surface area contributed by atoms with E-state index in [1.165, 1.54) is 23.5 Å². The molecule has 1 heterocycles. The van der Waals surface area contributed by atoms with Crippen LogP contribution in [0.15, 0.2) is 52.1 Å². The second-order valence-electron chi connectivity index (χ2n) is 5.58. The predicted molar refractivity (Wildman–Crippen MR) is 98.0 cm³/mol. The zero-order chi connectivity index (χ0) is 17.5. The fourth-order valence-corrected chi connectivity index (χ4v) is 4.25. The van der Waals surface area contributed by atoms with Crippen molar-refractivity contribution in [2.45, 2.75) is 11.8 Å². The van der Waals surface area contributed by atoms with Crippen molar-refractivity contribution >= 4 is 32.8 Å². The van der Waals surface area contributed by atoms with Gasteiger partial charge in [-0.25, -0.2) is 12.8 Å². The molecule has 0 saturated heterocycles. The maximum absolute atomic E-state index is 14.2. The number of hydrogen-bond acceptors (Lipinski definition) is 3. The third-order valence-electron chi connectivity index (χ3n) is 3.79.